The van der Waals surface area contributed by atoms with Crippen molar-refractivity contribution >= 4 is 11.7 Å². The maximum Gasteiger partial charge on any atom is 0.322 e. The Kier molecular flexibility index (Phi) is 4.54. The Morgan fingerprint density at radius 2 is 1.96 bits per heavy atom. The van der Waals surface area contributed by atoms with E-state index in [1.165, 1.54) is 6.07 Å². The number of rotatable bonds is 3. The number of para-hydroxylation sites is 1. The third kappa shape index (κ3) is 3.26. The number of fused-ring (bicyclic) bond motifs is 1. The molecule has 1 aliphatic heterocycles. The van der Waals surface area contributed by atoms with Gasteiger partial charge in [0.1, 0.15) is 11.6 Å². The fraction of sp³-hybridized carbons (Fsp3) is 0.190. The van der Waals surface area contributed by atoms with Gasteiger partial charge in [-0.05, 0) is 42.0 Å². The van der Waals surface area contributed by atoms with Crippen molar-refractivity contribution in [2.45, 2.75) is 12.6 Å². The molecule has 3 aromatic rings. The van der Waals surface area contributed by atoms with Crippen LogP contribution in [0.1, 0.15) is 17.3 Å². The zero-order chi connectivity index (χ0) is 18.8. The molecule has 6 heteroatoms. The molecule has 1 aliphatic rings. The van der Waals surface area contributed by atoms with Gasteiger partial charge in [0.15, 0.2) is 0 Å². The van der Waals surface area contributed by atoms with E-state index < -0.39 is 5.82 Å². The van der Waals surface area contributed by atoms with Gasteiger partial charge in [-0.1, -0.05) is 24.3 Å². The molecule has 0 aliphatic carbocycles. The molecule has 0 spiro atoms. The number of anilines is 1. The summed E-state index contributed by atoms with van der Waals surface area (Å²) in [5.74, 6) is 0.273. The van der Waals surface area contributed by atoms with Gasteiger partial charge in [-0.3, -0.25) is 0 Å². The Labute approximate surface area is 157 Å². The fourth-order valence-corrected chi connectivity index (χ4v) is 3.51. The summed E-state index contributed by atoms with van der Waals surface area (Å²) in [4.78, 5) is 14.7. The number of aromatic nitrogens is 1. The number of carbonyl (C=O) groups excluding carboxylic acids is 1. The van der Waals surface area contributed by atoms with Crippen molar-refractivity contribution in [1.29, 1.82) is 0 Å². The predicted molar refractivity (Wildman–Crippen MR) is 101 cm³/mol. The minimum atomic E-state index is -0.454. The van der Waals surface area contributed by atoms with Gasteiger partial charge in [-0.25, -0.2) is 9.18 Å². The Morgan fingerprint density at radius 3 is 2.78 bits per heavy atom. The highest BCUT2D eigenvalue weighted by Crippen LogP contribution is 2.34. The number of nitrogens with one attached hydrogen (secondary N) is 1. The molecule has 0 unspecified atom stereocenters. The van der Waals surface area contributed by atoms with Crippen LogP contribution in [0.4, 0.5) is 14.9 Å². The lowest BCUT2D eigenvalue weighted by Gasteiger charge is -2.37. The van der Waals surface area contributed by atoms with E-state index in [0.29, 0.717) is 13.1 Å². The zero-order valence-corrected chi connectivity index (χ0v) is 14.9. The molecule has 1 N–H and O–H groups in total. The summed E-state index contributed by atoms with van der Waals surface area (Å²) in [5.41, 5.74) is 2.13. The average Bonchev–Trinajstić information content (AvgIpc) is 3.17. The van der Waals surface area contributed by atoms with E-state index in [2.05, 4.69) is 9.88 Å². The zero-order valence-electron chi connectivity index (χ0n) is 14.9. The molecule has 0 saturated carbocycles. The lowest BCUT2D eigenvalue weighted by atomic mass is 10.00. The topological polar surface area (TPSA) is 46.5 Å². The summed E-state index contributed by atoms with van der Waals surface area (Å²) in [6.45, 7) is 1.21. The van der Waals surface area contributed by atoms with Crippen LogP contribution >= 0.6 is 0 Å². The van der Waals surface area contributed by atoms with Crippen molar-refractivity contribution < 1.29 is 13.9 Å². The van der Waals surface area contributed by atoms with E-state index in [1.54, 1.807) is 30.2 Å². The van der Waals surface area contributed by atoms with Crippen molar-refractivity contribution in [3.05, 3.63) is 83.9 Å². The number of carbonyl (C=O) groups is 1. The van der Waals surface area contributed by atoms with Crippen LogP contribution in [-0.4, -0.2) is 29.2 Å². The Balaban J connectivity index is 1.70. The van der Waals surface area contributed by atoms with Crippen LogP contribution in [0.25, 0.3) is 0 Å². The van der Waals surface area contributed by atoms with E-state index in [4.69, 9.17) is 4.74 Å². The maximum atomic E-state index is 14.0. The van der Waals surface area contributed by atoms with Crippen molar-refractivity contribution in [3.63, 3.8) is 0 Å². The van der Waals surface area contributed by atoms with Crippen LogP contribution in [0, 0.1) is 5.82 Å². The highest BCUT2D eigenvalue weighted by molar-refractivity contribution is 5.90. The Bertz CT molecular complexity index is 969. The predicted octanol–water partition coefficient (Wildman–Crippen LogP) is 4.27. The Hall–Kier alpha value is -3.28. The van der Waals surface area contributed by atoms with Gasteiger partial charge in [0.2, 0.25) is 0 Å². The van der Waals surface area contributed by atoms with E-state index in [1.807, 2.05) is 42.6 Å². The molecular weight excluding hydrogens is 345 g/mol. The normalized spacial score (nSPS) is 15.9. The number of hydrogen-bond acceptors (Lipinski definition) is 2. The average molecular weight is 365 g/mol. The van der Waals surface area contributed by atoms with Gasteiger partial charge >= 0.3 is 6.03 Å². The maximum absolute atomic E-state index is 14.0. The molecule has 0 bridgehead atoms. The highest BCUT2D eigenvalue weighted by Gasteiger charge is 2.32. The minimum absolute atomic E-state index is 0.174. The molecule has 2 aromatic carbocycles. The number of halogens is 1. The second kappa shape index (κ2) is 7.15. The number of benzene rings is 2. The summed E-state index contributed by atoms with van der Waals surface area (Å²) in [5, 5.41) is 2.70. The monoisotopic (exact) mass is 365 g/mol. The number of hydrogen-bond donors (Lipinski definition) is 1. The van der Waals surface area contributed by atoms with Crippen molar-refractivity contribution in [1.82, 2.24) is 9.47 Å². The summed E-state index contributed by atoms with van der Waals surface area (Å²) in [6, 6.07) is 17.2. The van der Waals surface area contributed by atoms with Crippen molar-refractivity contribution in [2.75, 3.05) is 19.0 Å². The van der Waals surface area contributed by atoms with E-state index >= 15 is 0 Å². The number of urea groups is 1. The molecule has 5 nitrogen and oxygen atoms in total. The van der Waals surface area contributed by atoms with Gasteiger partial charge in [0, 0.05) is 25.0 Å². The molecule has 4 rings (SSSR count). The molecule has 1 atom stereocenters. The van der Waals surface area contributed by atoms with Crippen LogP contribution in [0.15, 0.2) is 66.9 Å². The molecule has 0 saturated heterocycles. The van der Waals surface area contributed by atoms with Gasteiger partial charge in [0.05, 0.1) is 18.8 Å². The second-order valence-electron chi connectivity index (χ2n) is 6.41. The molecule has 138 valence electrons. The van der Waals surface area contributed by atoms with Crippen LogP contribution in [0.3, 0.4) is 0 Å². The van der Waals surface area contributed by atoms with E-state index in [-0.39, 0.29) is 17.8 Å². The van der Waals surface area contributed by atoms with Gasteiger partial charge < -0.3 is 19.5 Å². The van der Waals surface area contributed by atoms with Crippen LogP contribution < -0.4 is 10.1 Å². The SMILES string of the molecule is COc1cccc([C@H]2c3cccn3CCN2C(=O)Nc2ccccc2F)c1. The van der Waals surface area contributed by atoms with Crippen molar-refractivity contribution in [3.8, 4) is 5.75 Å². The standard InChI is InChI=1S/C21H20FN3O2/c1-27-16-7-4-6-15(14-16)20-19-10-5-11-24(19)12-13-25(20)21(26)23-18-9-3-2-8-17(18)22/h2-11,14,20H,12-13H2,1H3,(H,23,26)/t20-/m0/s1. The fourth-order valence-electron chi connectivity index (χ4n) is 3.51. The van der Waals surface area contributed by atoms with Gasteiger partial charge in [-0.2, -0.15) is 0 Å². The van der Waals surface area contributed by atoms with Gasteiger partial charge in [0.25, 0.3) is 0 Å². The number of amides is 2. The molecule has 0 fully saturated rings. The first-order valence-corrected chi connectivity index (χ1v) is 8.78. The number of ether oxygens (including phenoxy) is 1. The van der Waals surface area contributed by atoms with Crippen LogP contribution in [0.2, 0.25) is 0 Å². The summed E-state index contributed by atoms with van der Waals surface area (Å²) >= 11 is 0. The first-order valence-electron chi connectivity index (χ1n) is 8.78. The van der Waals surface area contributed by atoms with Crippen molar-refractivity contribution in [2.24, 2.45) is 0 Å². The first kappa shape index (κ1) is 17.1. The number of nitrogens with zero attached hydrogens (tertiary/aromatic N) is 2. The summed E-state index contributed by atoms with van der Waals surface area (Å²) < 4.78 is 21.5. The molecule has 27 heavy (non-hydrogen) atoms. The first-order chi connectivity index (χ1) is 13.2. The van der Waals surface area contributed by atoms with Gasteiger partial charge in [-0.15, -0.1) is 0 Å². The van der Waals surface area contributed by atoms with E-state index in [0.717, 1.165) is 17.0 Å². The van der Waals surface area contributed by atoms with Crippen LogP contribution in [0.5, 0.6) is 5.75 Å². The third-order valence-corrected chi connectivity index (χ3v) is 4.82. The largest absolute Gasteiger partial charge is 0.497 e. The lowest BCUT2D eigenvalue weighted by molar-refractivity contribution is 0.181. The van der Waals surface area contributed by atoms with Crippen LogP contribution in [-0.2, 0) is 6.54 Å². The molecule has 2 heterocycles. The quantitative estimate of drug-likeness (QED) is 0.753. The second-order valence-corrected chi connectivity index (χ2v) is 6.41. The highest BCUT2D eigenvalue weighted by atomic mass is 19.1. The minimum Gasteiger partial charge on any atom is -0.497 e. The smallest absolute Gasteiger partial charge is 0.322 e. The molecule has 1 aromatic heterocycles. The van der Waals surface area contributed by atoms with E-state index in [9.17, 15) is 9.18 Å². The lowest BCUT2D eigenvalue weighted by Crippen LogP contribution is -2.44. The third-order valence-electron chi connectivity index (χ3n) is 4.82. The molecule has 2 amide bonds. The molecule has 0 radical (unpaired) electrons. The summed E-state index contributed by atoms with van der Waals surface area (Å²) in [7, 11) is 1.62. The molecular formula is C21H20FN3O2. The number of methoxy groups -OCH3 is 1. The summed E-state index contributed by atoms with van der Waals surface area (Å²) in [6.07, 6.45) is 2.01. The Morgan fingerprint density at radius 1 is 1.11 bits per heavy atom.